The van der Waals surface area contributed by atoms with Gasteiger partial charge in [-0.1, -0.05) is 68.3 Å². The average molecular weight is 470 g/mol. The minimum Gasteiger partial charge on any atom is -0.290 e. The van der Waals surface area contributed by atoms with Gasteiger partial charge in [0, 0.05) is 31.9 Å². The van der Waals surface area contributed by atoms with Crippen LogP contribution in [-0.2, 0) is 9.59 Å². The highest BCUT2D eigenvalue weighted by Gasteiger charge is 2.35. The molecule has 0 unspecified atom stereocenters. The van der Waals surface area contributed by atoms with Crippen molar-refractivity contribution in [2.24, 2.45) is 0 Å². The lowest BCUT2D eigenvalue weighted by atomic mass is 9.72. The van der Waals surface area contributed by atoms with Crippen molar-refractivity contribution in [3.05, 3.63) is 104 Å². The van der Waals surface area contributed by atoms with Crippen LogP contribution in [0.5, 0.6) is 0 Å². The normalized spacial score (nSPS) is 21.9. The summed E-state index contributed by atoms with van der Waals surface area (Å²) in [6, 6.07) is 15.8. The second kappa shape index (κ2) is 6.93. The fourth-order valence-corrected chi connectivity index (χ4v) is 4.08. The third-order valence-corrected chi connectivity index (χ3v) is 5.84. The zero-order valence-electron chi connectivity index (χ0n) is 13.7. The largest absolute Gasteiger partial charge is 0.290 e. The molecule has 4 rings (SSSR count). The van der Waals surface area contributed by atoms with Gasteiger partial charge in [-0.3, -0.25) is 9.59 Å². The van der Waals surface area contributed by atoms with Crippen molar-refractivity contribution >= 4 is 43.4 Å². The zero-order chi connectivity index (χ0) is 18.3. The average Bonchev–Trinajstić information content (AvgIpc) is 2.65. The van der Waals surface area contributed by atoms with Crippen molar-refractivity contribution in [2.75, 3.05) is 0 Å². The Kier molecular flexibility index (Phi) is 4.63. The molecule has 0 aliphatic heterocycles. The molecule has 2 aliphatic carbocycles. The molecule has 4 heteroatoms. The van der Waals surface area contributed by atoms with Gasteiger partial charge >= 0.3 is 0 Å². The highest BCUT2D eigenvalue weighted by atomic mass is 79.9. The van der Waals surface area contributed by atoms with Crippen LogP contribution in [0.25, 0.3) is 0 Å². The van der Waals surface area contributed by atoms with Crippen LogP contribution in [0, 0.1) is 0 Å². The fourth-order valence-electron chi connectivity index (χ4n) is 3.55. The van der Waals surface area contributed by atoms with Gasteiger partial charge in [0.25, 0.3) is 0 Å². The number of rotatable bonds is 2. The summed E-state index contributed by atoms with van der Waals surface area (Å²) in [6.07, 6.45) is 6.87. The summed E-state index contributed by atoms with van der Waals surface area (Å²) in [5, 5.41) is 0. The van der Waals surface area contributed by atoms with E-state index in [-0.39, 0.29) is 23.4 Å². The van der Waals surface area contributed by atoms with E-state index in [9.17, 15) is 9.59 Å². The molecule has 0 aromatic heterocycles. The number of hydrogen-bond acceptors (Lipinski definition) is 2. The van der Waals surface area contributed by atoms with Crippen LogP contribution in [0.15, 0.2) is 92.9 Å². The van der Waals surface area contributed by atoms with Crippen LogP contribution in [-0.4, -0.2) is 11.6 Å². The monoisotopic (exact) mass is 468 g/mol. The molecule has 2 atom stereocenters. The summed E-state index contributed by atoms with van der Waals surface area (Å²) in [5.74, 6) is -0.574. The standard InChI is InChI=1S/C22H14Br2O2/c23-15-5-1-13(2-6-15)17-9-10-18(14-3-7-16(24)8-4-14)22-20(26)12-11-19(25)21(17)22/h1-12,17-18H/t17-,18+. The predicted molar refractivity (Wildman–Crippen MR) is 109 cm³/mol. The van der Waals surface area contributed by atoms with Gasteiger partial charge in [0.1, 0.15) is 0 Å². The summed E-state index contributed by atoms with van der Waals surface area (Å²) in [5.41, 5.74) is 3.19. The fraction of sp³-hybridized carbons (Fsp3) is 0.0909. The summed E-state index contributed by atoms with van der Waals surface area (Å²) in [6.45, 7) is 0. The minimum absolute atomic E-state index is 0.0843. The maximum Gasteiger partial charge on any atom is 0.183 e. The Morgan fingerprint density at radius 3 is 1.27 bits per heavy atom. The van der Waals surface area contributed by atoms with Crippen molar-refractivity contribution in [3.8, 4) is 0 Å². The maximum absolute atomic E-state index is 12.7. The Hall–Kier alpha value is -2.04. The first kappa shape index (κ1) is 17.4. The van der Waals surface area contributed by atoms with Crippen LogP contribution in [0.2, 0.25) is 0 Å². The number of allylic oxidation sites excluding steroid dienone is 6. The van der Waals surface area contributed by atoms with Gasteiger partial charge in [0.2, 0.25) is 0 Å². The smallest absolute Gasteiger partial charge is 0.183 e. The molecular formula is C22H14Br2O2. The SMILES string of the molecule is O=C1C=CC(=O)C2=C1[C@H](c1ccc(Br)cc1)C=C[C@@H]2c1ccc(Br)cc1. The topological polar surface area (TPSA) is 34.1 Å². The van der Waals surface area contributed by atoms with E-state index in [2.05, 4.69) is 31.9 Å². The first-order chi connectivity index (χ1) is 12.5. The molecule has 26 heavy (non-hydrogen) atoms. The first-order valence-corrected chi connectivity index (χ1v) is 9.83. The minimum atomic E-state index is -0.203. The van der Waals surface area contributed by atoms with Crippen LogP contribution >= 0.6 is 31.9 Å². The summed E-state index contributed by atoms with van der Waals surface area (Å²) >= 11 is 6.88. The van der Waals surface area contributed by atoms with E-state index in [4.69, 9.17) is 0 Å². The van der Waals surface area contributed by atoms with Gasteiger partial charge in [0.15, 0.2) is 11.6 Å². The second-order valence-corrected chi connectivity index (χ2v) is 8.16. The lowest BCUT2D eigenvalue weighted by Gasteiger charge is -2.30. The van der Waals surface area contributed by atoms with Gasteiger partial charge in [-0.05, 0) is 47.5 Å². The van der Waals surface area contributed by atoms with Crippen molar-refractivity contribution in [1.82, 2.24) is 0 Å². The number of hydrogen-bond donors (Lipinski definition) is 0. The molecule has 0 amide bonds. The molecule has 0 spiro atoms. The molecule has 2 aromatic carbocycles. The highest BCUT2D eigenvalue weighted by Crippen LogP contribution is 2.43. The van der Waals surface area contributed by atoms with Gasteiger partial charge in [-0.25, -0.2) is 0 Å². The molecule has 0 radical (unpaired) electrons. The van der Waals surface area contributed by atoms with Crippen molar-refractivity contribution in [3.63, 3.8) is 0 Å². The molecule has 0 saturated carbocycles. The summed E-state index contributed by atoms with van der Waals surface area (Å²) < 4.78 is 1.96. The molecule has 128 valence electrons. The lowest BCUT2D eigenvalue weighted by Crippen LogP contribution is -2.25. The van der Waals surface area contributed by atoms with E-state index in [0.717, 1.165) is 20.1 Å². The van der Waals surface area contributed by atoms with E-state index >= 15 is 0 Å². The Bertz CT molecular complexity index is 900. The molecular weight excluding hydrogens is 456 g/mol. The Morgan fingerprint density at radius 2 is 0.923 bits per heavy atom. The third kappa shape index (κ3) is 3.08. The number of benzene rings is 2. The Morgan fingerprint density at radius 1 is 0.577 bits per heavy atom. The molecule has 2 nitrogen and oxygen atoms in total. The van der Waals surface area contributed by atoms with Crippen molar-refractivity contribution in [2.45, 2.75) is 11.8 Å². The maximum atomic E-state index is 12.7. The van der Waals surface area contributed by atoms with Gasteiger partial charge < -0.3 is 0 Å². The zero-order valence-corrected chi connectivity index (χ0v) is 16.8. The van der Waals surface area contributed by atoms with Crippen LogP contribution in [0.4, 0.5) is 0 Å². The molecule has 2 aliphatic rings. The molecule has 0 fully saturated rings. The van der Waals surface area contributed by atoms with Gasteiger partial charge in [-0.2, -0.15) is 0 Å². The van der Waals surface area contributed by atoms with E-state index < -0.39 is 0 Å². The summed E-state index contributed by atoms with van der Waals surface area (Å²) in [7, 11) is 0. The number of ketones is 2. The van der Waals surface area contributed by atoms with E-state index in [1.165, 1.54) is 12.2 Å². The molecule has 0 bridgehead atoms. The molecule has 0 heterocycles. The lowest BCUT2D eigenvalue weighted by molar-refractivity contribution is -0.115. The van der Waals surface area contributed by atoms with Crippen LogP contribution < -0.4 is 0 Å². The van der Waals surface area contributed by atoms with Crippen LogP contribution in [0.3, 0.4) is 0 Å². The number of carbonyl (C=O) groups excluding carboxylic acids is 2. The van der Waals surface area contributed by atoms with Crippen molar-refractivity contribution in [1.29, 1.82) is 0 Å². The first-order valence-electron chi connectivity index (χ1n) is 8.24. The number of carbonyl (C=O) groups is 2. The molecule has 0 N–H and O–H groups in total. The highest BCUT2D eigenvalue weighted by molar-refractivity contribution is 9.10. The van der Waals surface area contributed by atoms with E-state index in [1.807, 2.05) is 60.7 Å². The second-order valence-electron chi connectivity index (χ2n) is 6.33. The summed E-state index contributed by atoms with van der Waals surface area (Å²) in [4.78, 5) is 25.4. The van der Waals surface area contributed by atoms with E-state index in [1.54, 1.807) is 0 Å². The van der Waals surface area contributed by atoms with E-state index in [0.29, 0.717) is 11.1 Å². The van der Waals surface area contributed by atoms with Gasteiger partial charge in [0.05, 0.1) is 0 Å². The molecule has 2 aromatic rings. The number of halogens is 2. The van der Waals surface area contributed by atoms with Crippen molar-refractivity contribution < 1.29 is 9.59 Å². The quantitative estimate of drug-likeness (QED) is 0.420. The Labute approximate surface area is 168 Å². The Balaban J connectivity index is 1.85. The van der Waals surface area contributed by atoms with Gasteiger partial charge in [-0.15, -0.1) is 0 Å². The third-order valence-electron chi connectivity index (χ3n) is 4.78. The van der Waals surface area contributed by atoms with Crippen LogP contribution in [0.1, 0.15) is 23.0 Å². The predicted octanol–water partition coefficient (Wildman–Crippen LogP) is 5.65. The molecule has 0 saturated heterocycles.